The predicted molar refractivity (Wildman–Crippen MR) is 105 cm³/mol. The van der Waals surface area contributed by atoms with Crippen LogP contribution in [0.5, 0.6) is 0 Å². The lowest BCUT2D eigenvalue weighted by molar-refractivity contribution is 0.116. The fourth-order valence-electron chi connectivity index (χ4n) is 3.00. The standard InChI is InChI=1S/C19H13F2N9O/c20-16(21)19-28-27-18(31-19)11-1-3-12(23-6-11)7-30-8-15(26-29-30)10-2-4-13-14(5-10)24-9-25-17(13)22/h1-6,8-9,16H,7H2,(H2,22,24,25). The largest absolute Gasteiger partial charge is 0.415 e. The second-order valence-electron chi connectivity index (χ2n) is 6.58. The average Bonchev–Trinajstić information content (AvgIpc) is 3.44. The number of nitrogens with zero attached hydrogens (tertiary/aromatic N) is 8. The topological polar surface area (TPSA) is 134 Å². The first-order valence-corrected chi connectivity index (χ1v) is 9.04. The van der Waals surface area contributed by atoms with Crippen molar-refractivity contribution >= 4 is 16.7 Å². The van der Waals surface area contributed by atoms with Crippen LogP contribution in [0.4, 0.5) is 14.6 Å². The number of fused-ring (bicyclic) bond motifs is 1. The molecular formula is C19H13F2N9O. The SMILES string of the molecule is Nc1ncnc2cc(-c3cn(Cc4ccc(-c5nnc(C(F)F)o5)cn4)nn3)ccc12. The molecule has 0 aliphatic carbocycles. The Kier molecular flexibility index (Phi) is 4.50. The van der Waals surface area contributed by atoms with E-state index < -0.39 is 12.3 Å². The van der Waals surface area contributed by atoms with Gasteiger partial charge in [-0.15, -0.1) is 15.3 Å². The molecule has 12 heteroatoms. The summed E-state index contributed by atoms with van der Waals surface area (Å²) >= 11 is 0. The van der Waals surface area contributed by atoms with Gasteiger partial charge in [0.15, 0.2) is 0 Å². The zero-order valence-corrected chi connectivity index (χ0v) is 15.7. The molecule has 2 N–H and O–H groups in total. The van der Waals surface area contributed by atoms with Crippen molar-refractivity contribution < 1.29 is 13.2 Å². The first kappa shape index (κ1) is 18.7. The van der Waals surface area contributed by atoms with Gasteiger partial charge < -0.3 is 10.2 Å². The first-order valence-electron chi connectivity index (χ1n) is 9.04. The van der Waals surface area contributed by atoms with E-state index in [2.05, 4.69) is 35.5 Å². The maximum atomic E-state index is 12.6. The van der Waals surface area contributed by atoms with Crippen LogP contribution in [0.1, 0.15) is 18.0 Å². The smallest absolute Gasteiger partial charge is 0.314 e. The summed E-state index contributed by atoms with van der Waals surface area (Å²) in [7, 11) is 0. The van der Waals surface area contributed by atoms with Crippen LogP contribution in [0.15, 0.2) is 53.5 Å². The van der Waals surface area contributed by atoms with Crippen LogP contribution in [0.25, 0.3) is 33.6 Å². The summed E-state index contributed by atoms with van der Waals surface area (Å²) in [6, 6.07) is 8.97. The van der Waals surface area contributed by atoms with E-state index in [0.717, 1.165) is 10.9 Å². The number of nitrogens with two attached hydrogens (primary N) is 1. The van der Waals surface area contributed by atoms with Gasteiger partial charge in [-0.25, -0.2) is 14.6 Å². The van der Waals surface area contributed by atoms with Gasteiger partial charge in [-0.1, -0.05) is 11.3 Å². The normalized spacial score (nSPS) is 11.5. The summed E-state index contributed by atoms with van der Waals surface area (Å²) < 4.78 is 31.7. The van der Waals surface area contributed by atoms with Gasteiger partial charge in [0.05, 0.1) is 29.5 Å². The number of benzene rings is 1. The van der Waals surface area contributed by atoms with Crippen molar-refractivity contribution in [1.29, 1.82) is 0 Å². The van der Waals surface area contributed by atoms with Gasteiger partial charge in [-0.05, 0) is 24.3 Å². The average molecular weight is 421 g/mol. The van der Waals surface area contributed by atoms with Crippen LogP contribution in [-0.4, -0.2) is 40.1 Å². The van der Waals surface area contributed by atoms with Gasteiger partial charge in [0.2, 0.25) is 5.89 Å². The fourth-order valence-corrected chi connectivity index (χ4v) is 3.00. The second-order valence-corrected chi connectivity index (χ2v) is 6.58. The fraction of sp³-hybridized carbons (Fsp3) is 0.105. The molecule has 4 heterocycles. The highest BCUT2D eigenvalue weighted by atomic mass is 19.3. The third-order valence-electron chi connectivity index (χ3n) is 4.52. The zero-order valence-electron chi connectivity index (χ0n) is 15.7. The minimum atomic E-state index is -2.82. The van der Waals surface area contributed by atoms with Crippen molar-refractivity contribution in [3.8, 4) is 22.7 Å². The Morgan fingerprint density at radius 3 is 2.65 bits per heavy atom. The molecule has 4 aromatic heterocycles. The molecule has 0 fully saturated rings. The van der Waals surface area contributed by atoms with Crippen molar-refractivity contribution in [2.75, 3.05) is 5.73 Å². The molecule has 0 atom stereocenters. The van der Waals surface area contributed by atoms with E-state index in [1.165, 1.54) is 12.5 Å². The van der Waals surface area contributed by atoms with Crippen molar-refractivity contribution in [2.24, 2.45) is 0 Å². The molecule has 0 amide bonds. The molecule has 0 unspecified atom stereocenters. The van der Waals surface area contributed by atoms with Crippen molar-refractivity contribution in [2.45, 2.75) is 13.0 Å². The predicted octanol–water partition coefficient (Wildman–Crippen LogP) is 2.90. The summed E-state index contributed by atoms with van der Waals surface area (Å²) in [6.45, 7) is 0.363. The van der Waals surface area contributed by atoms with E-state index in [1.807, 2.05) is 18.2 Å². The van der Waals surface area contributed by atoms with E-state index in [1.54, 1.807) is 23.0 Å². The summed E-state index contributed by atoms with van der Waals surface area (Å²) in [5.74, 6) is -0.323. The van der Waals surface area contributed by atoms with Gasteiger partial charge in [0.25, 0.3) is 5.89 Å². The quantitative estimate of drug-likeness (QED) is 0.454. The number of rotatable bonds is 5. The van der Waals surface area contributed by atoms with Gasteiger partial charge in [-0.3, -0.25) is 4.98 Å². The summed E-state index contributed by atoms with van der Waals surface area (Å²) in [4.78, 5) is 12.5. The zero-order chi connectivity index (χ0) is 21.4. The first-order chi connectivity index (χ1) is 15.1. The molecule has 0 saturated carbocycles. The van der Waals surface area contributed by atoms with Crippen molar-refractivity contribution in [1.82, 2.24) is 40.1 Å². The molecule has 0 radical (unpaired) electrons. The number of aromatic nitrogens is 8. The highest BCUT2D eigenvalue weighted by Crippen LogP contribution is 2.25. The molecular weight excluding hydrogens is 408 g/mol. The number of hydrogen-bond acceptors (Lipinski definition) is 9. The monoisotopic (exact) mass is 421 g/mol. The third-order valence-corrected chi connectivity index (χ3v) is 4.52. The number of halogens is 2. The van der Waals surface area contributed by atoms with Gasteiger partial charge in [0.1, 0.15) is 17.8 Å². The highest BCUT2D eigenvalue weighted by molar-refractivity contribution is 5.90. The minimum Gasteiger partial charge on any atom is -0.415 e. The lowest BCUT2D eigenvalue weighted by Gasteiger charge is -2.02. The Bertz CT molecular complexity index is 1360. The Hall–Kier alpha value is -4.35. The van der Waals surface area contributed by atoms with E-state index in [9.17, 15) is 8.78 Å². The molecule has 31 heavy (non-hydrogen) atoms. The number of alkyl halides is 2. The van der Waals surface area contributed by atoms with Crippen LogP contribution in [0.3, 0.4) is 0 Å². The Morgan fingerprint density at radius 2 is 1.87 bits per heavy atom. The third kappa shape index (κ3) is 3.66. The molecule has 0 saturated heterocycles. The molecule has 154 valence electrons. The maximum Gasteiger partial charge on any atom is 0.314 e. The van der Waals surface area contributed by atoms with Crippen LogP contribution >= 0.6 is 0 Å². The molecule has 1 aromatic carbocycles. The van der Waals surface area contributed by atoms with Gasteiger partial charge >= 0.3 is 6.43 Å². The summed E-state index contributed by atoms with van der Waals surface area (Å²) in [6.07, 6.45) is 1.86. The lowest BCUT2D eigenvalue weighted by atomic mass is 10.1. The summed E-state index contributed by atoms with van der Waals surface area (Å²) in [5, 5.41) is 16.0. The molecule has 5 aromatic rings. The van der Waals surface area contributed by atoms with E-state index in [-0.39, 0.29) is 5.89 Å². The van der Waals surface area contributed by atoms with E-state index in [0.29, 0.717) is 34.8 Å². The summed E-state index contributed by atoms with van der Waals surface area (Å²) in [5.41, 5.74) is 9.22. The van der Waals surface area contributed by atoms with Crippen LogP contribution in [0, 0.1) is 0 Å². The van der Waals surface area contributed by atoms with E-state index in [4.69, 9.17) is 10.2 Å². The maximum absolute atomic E-state index is 12.6. The highest BCUT2D eigenvalue weighted by Gasteiger charge is 2.17. The number of hydrogen-bond donors (Lipinski definition) is 1. The van der Waals surface area contributed by atoms with Gasteiger partial charge in [0, 0.05) is 17.1 Å². The molecule has 10 nitrogen and oxygen atoms in total. The molecule has 0 bridgehead atoms. The molecule has 0 aliphatic rings. The number of pyridine rings is 1. The number of anilines is 1. The van der Waals surface area contributed by atoms with Gasteiger partial charge in [-0.2, -0.15) is 8.78 Å². The molecule has 0 aliphatic heterocycles. The Morgan fingerprint density at radius 1 is 1.00 bits per heavy atom. The van der Waals surface area contributed by atoms with Crippen LogP contribution in [-0.2, 0) is 6.54 Å². The molecule has 5 rings (SSSR count). The Labute approximate surface area is 172 Å². The van der Waals surface area contributed by atoms with Crippen molar-refractivity contribution in [3.05, 3.63) is 60.6 Å². The van der Waals surface area contributed by atoms with Crippen molar-refractivity contribution in [3.63, 3.8) is 0 Å². The van der Waals surface area contributed by atoms with Crippen LogP contribution in [0.2, 0.25) is 0 Å². The number of nitrogen functional groups attached to an aromatic ring is 1. The lowest BCUT2D eigenvalue weighted by Crippen LogP contribution is -2.02. The molecule has 0 spiro atoms. The second kappa shape index (κ2) is 7.48. The Balaban J connectivity index is 1.33. The van der Waals surface area contributed by atoms with Crippen LogP contribution < -0.4 is 5.73 Å². The van der Waals surface area contributed by atoms with E-state index >= 15 is 0 Å². The minimum absolute atomic E-state index is 0.0156.